The molecule has 0 atom stereocenters. The van der Waals surface area contributed by atoms with Gasteiger partial charge in [0, 0.05) is 19.1 Å². The van der Waals surface area contributed by atoms with Gasteiger partial charge in [0.25, 0.3) is 0 Å². The van der Waals surface area contributed by atoms with Crippen molar-refractivity contribution < 1.29 is 9.90 Å². The molecule has 0 aromatic rings. The van der Waals surface area contributed by atoms with Crippen LogP contribution in [0, 0.1) is 0 Å². The molecule has 0 bridgehead atoms. The summed E-state index contributed by atoms with van der Waals surface area (Å²) >= 11 is 0. The highest BCUT2D eigenvalue weighted by Gasteiger charge is 1.93. The number of rotatable bonds is 5. The third kappa shape index (κ3) is 5.29. The number of carbonyl (C=O) groups excluding carboxylic acids is 1. The van der Waals surface area contributed by atoms with Crippen molar-refractivity contribution in [3.63, 3.8) is 0 Å². The van der Waals surface area contributed by atoms with E-state index in [9.17, 15) is 4.79 Å². The van der Waals surface area contributed by atoms with Gasteiger partial charge in [-0.15, -0.1) is 5.73 Å². The Balaban J connectivity index is 3.31. The summed E-state index contributed by atoms with van der Waals surface area (Å²) in [5.41, 5.74) is 2.41. The molecular formula is C8H12O2. The minimum absolute atomic E-state index is 0.0310. The lowest BCUT2D eigenvalue weighted by Gasteiger charge is -1.91. The predicted octanol–water partition coefficient (Wildman–Crippen LogP) is 1.06. The Morgan fingerprint density at radius 1 is 1.60 bits per heavy atom. The van der Waals surface area contributed by atoms with E-state index in [1.165, 1.54) is 6.08 Å². The van der Waals surface area contributed by atoms with Gasteiger partial charge in [-0.25, -0.2) is 0 Å². The quantitative estimate of drug-likeness (QED) is 0.352. The number of aliphatic hydroxyl groups excluding tert-OH is 1. The summed E-state index contributed by atoms with van der Waals surface area (Å²) in [6, 6.07) is 0. The van der Waals surface area contributed by atoms with Gasteiger partial charge in [0.05, 0.1) is 0 Å². The van der Waals surface area contributed by atoms with Crippen LogP contribution in [0.5, 0.6) is 0 Å². The van der Waals surface area contributed by atoms with Crippen molar-refractivity contribution in [3.05, 3.63) is 18.4 Å². The number of hydrogen-bond acceptors (Lipinski definition) is 2. The lowest BCUT2D eigenvalue weighted by Crippen LogP contribution is -1.92. The number of ketones is 1. The Labute approximate surface area is 60.9 Å². The largest absolute Gasteiger partial charge is 0.396 e. The van der Waals surface area contributed by atoms with Crippen LogP contribution in [0.4, 0.5) is 0 Å². The zero-order valence-electron chi connectivity index (χ0n) is 5.97. The molecule has 2 nitrogen and oxygen atoms in total. The van der Waals surface area contributed by atoms with Crippen LogP contribution >= 0.6 is 0 Å². The van der Waals surface area contributed by atoms with Crippen LogP contribution in [-0.2, 0) is 4.79 Å². The maximum absolute atomic E-state index is 10.7. The van der Waals surface area contributed by atoms with E-state index in [4.69, 9.17) is 5.11 Å². The summed E-state index contributed by atoms with van der Waals surface area (Å²) in [6.45, 7) is 3.44. The molecule has 0 saturated heterocycles. The fraction of sp³-hybridized carbons (Fsp3) is 0.500. The van der Waals surface area contributed by atoms with Crippen molar-refractivity contribution in [1.29, 1.82) is 0 Å². The van der Waals surface area contributed by atoms with Gasteiger partial charge in [-0.05, 0) is 12.8 Å². The minimum atomic E-state index is 0.0310. The van der Waals surface area contributed by atoms with Gasteiger partial charge in [0.2, 0.25) is 0 Å². The van der Waals surface area contributed by atoms with Gasteiger partial charge >= 0.3 is 0 Å². The molecule has 56 valence electrons. The molecule has 0 aromatic heterocycles. The molecule has 0 spiro atoms. The van der Waals surface area contributed by atoms with Crippen molar-refractivity contribution in [3.8, 4) is 0 Å². The molecule has 2 heteroatoms. The molecule has 10 heavy (non-hydrogen) atoms. The smallest absolute Gasteiger partial charge is 0.163 e. The van der Waals surface area contributed by atoms with Crippen molar-refractivity contribution in [2.75, 3.05) is 6.61 Å². The Morgan fingerprint density at radius 2 is 2.30 bits per heavy atom. The zero-order chi connectivity index (χ0) is 7.82. The molecule has 0 heterocycles. The van der Waals surface area contributed by atoms with Crippen molar-refractivity contribution in [2.45, 2.75) is 19.3 Å². The average Bonchev–Trinajstić information content (AvgIpc) is 1.89. The SMILES string of the molecule is C=C=CC(=O)CCCCO. The standard InChI is InChI=1S/C8H12O2/c1-2-5-8(10)6-3-4-7-9/h5,9H,1,3-4,6-7H2. The fourth-order valence-corrected chi connectivity index (χ4v) is 0.597. The van der Waals surface area contributed by atoms with E-state index < -0.39 is 0 Å². The maximum Gasteiger partial charge on any atom is 0.163 e. The monoisotopic (exact) mass is 140 g/mol. The van der Waals surface area contributed by atoms with Gasteiger partial charge in [-0.1, -0.05) is 6.58 Å². The Bertz CT molecular complexity index is 143. The van der Waals surface area contributed by atoms with E-state index in [0.717, 1.165) is 6.42 Å². The molecule has 1 N–H and O–H groups in total. The number of carbonyl (C=O) groups is 1. The van der Waals surface area contributed by atoms with Crippen LogP contribution in [0.25, 0.3) is 0 Å². The number of hydrogen-bond donors (Lipinski definition) is 1. The first-order chi connectivity index (χ1) is 4.81. The Morgan fingerprint density at radius 3 is 2.80 bits per heavy atom. The van der Waals surface area contributed by atoms with E-state index >= 15 is 0 Å². The lowest BCUT2D eigenvalue weighted by atomic mass is 10.2. The highest BCUT2D eigenvalue weighted by Crippen LogP contribution is 1.95. The molecule has 0 fully saturated rings. The molecule has 0 aromatic carbocycles. The summed E-state index contributed by atoms with van der Waals surface area (Å²) in [6.07, 6.45) is 3.25. The van der Waals surface area contributed by atoms with E-state index in [-0.39, 0.29) is 12.4 Å². The molecule has 0 aliphatic rings. The minimum Gasteiger partial charge on any atom is -0.396 e. The topological polar surface area (TPSA) is 37.3 Å². The molecule has 0 rings (SSSR count). The van der Waals surface area contributed by atoms with E-state index in [0.29, 0.717) is 12.8 Å². The highest BCUT2D eigenvalue weighted by atomic mass is 16.2. The van der Waals surface area contributed by atoms with Crippen molar-refractivity contribution >= 4 is 5.78 Å². The second kappa shape index (κ2) is 6.27. The van der Waals surface area contributed by atoms with Crippen LogP contribution in [0.3, 0.4) is 0 Å². The first-order valence-corrected chi connectivity index (χ1v) is 3.30. The van der Waals surface area contributed by atoms with Crippen molar-refractivity contribution in [1.82, 2.24) is 0 Å². The first kappa shape index (κ1) is 9.15. The second-order valence-electron chi connectivity index (χ2n) is 2.00. The number of allylic oxidation sites excluding steroid dienone is 1. The zero-order valence-corrected chi connectivity index (χ0v) is 5.97. The Kier molecular flexibility index (Phi) is 5.74. The summed E-state index contributed by atoms with van der Waals surface area (Å²) in [7, 11) is 0. The number of unbranched alkanes of at least 4 members (excludes halogenated alkanes) is 1. The fourth-order valence-electron chi connectivity index (χ4n) is 0.597. The third-order valence-corrected chi connectivity index (χ3v) is 1.09. The Hall–Kier alpha value is -0.850. The molecule has 0 aliphatic heterocycles. The highest BCUT2D eigenvalue weighted by molar-refractivity contribution is 5.89. The molecule has 0 aliphatic carbocycles. The third-order valence-electron chi connectivity index (χ3n) is 1.09. The number of aliphatic hydroxyl groups is 1. The van der Waals surface area contributed by atoms with Crippen molar-refractivity contribution in [2.24, 2.45) is 0 Å². The molecule has 0 unspecified atom stereocenters. The molecule has 0 amide bonds. The maximum atomic E-state index is 10.7. The first-order valence-electron chi connectivity index (χ1n) is 3.30. The molecule has 0 radical (unpaired) electrons. The van der Waals surface area contributed by atoms with Gasteiger partial charge in [-0.2, -0.15) is 0 Å². The second-order valence-corrected chi connectivity index (χ2v) is 2.00. The average molecular weight is 140 g/mol. The van der Waals surface area contributed by atoms with Crippen LogP contribution in [0.15, 0.2) is 18.4 Å². The van der Waals surface area contributed by atoms with Gasteiger partial charge in [0.15, 0.2) is 5.78 Å². The normalized spacial score (nSPS) is 8.50. The van der Waals surface area contributed by atoms with Gasteiger partial charge < -0.3 is 5.11 Å². The predicted molar refractivity (Wildman–Crippen MR) is 39.7 cm³/mol. The van der Waals surface area contributed by atoms with Crippen LogP contribution in [0.2, 0.25) is 0 Å². The van der Waals surface area contributed by atoms with Crippen LogP contribution < -0.4 is 0 Å². The summed E-state index contributed by atoms with van der Waals surface area (Å²) in [5.74, 6) is 0.0310. The molecular weight excluding hydrogens is 128 g/mol. The van der Waals surface area contributed by atoms with Gasteiger partial charge in [-0.3, -0.25) is 4.79 Å². The summed E-state index contributed by atoms with van der Waals surface area (Å²) in [4.78, 5) is 10.7. The van der Waals surface area contributed by atoms with E-state index in [2.05, 4.69) is 12.3 Å². The lowest BCUT2D eigenvalue weighted by molar-refractivity contribution is -0.114. The van der Waals surface area contributed by atoms with Crippen LogP contribution in [0.1, 0.15) is 19.3 Å². The summed E-state index contributed by atoms with van der Waals surface area (Å²) < 4.78 is 0. The van der Waals surface area contributed by atoms with Gasteiger partial charge in [0.1, 0.15) is 0 Å². The molecule has 0 saturated carbocycles. The summed E-state index contributed by atoms with van der Waals surface area (Å²) in [5, 5.41) is 8.36. The van der Waals surface area contributed by atoms with E-state index in [1.54, 1.807) is 0 Å². The van der Waals surface area contributed by atoms with Crippen LogP contribution in [-0.4, -0.2) is 17.5 Å². The van der Waals surface area contributed by atoms with E-state index in [1.807, 2.05) is 0 Å².